The second-order valence-electron chi connectivity index (χ2n) is 4.25. The number of rotatable bonds is 6. The molecule has 1 aromatic rings. The van der Waals surface area contributed by atoms with E-state index in [1.807, 2.05) is 0 Å². The maximum atomic E-state index is 12.0. The van der Waals surface area contributed by atoms with Gasteiger partial charge in [-0.25, -0.2) is 9.48 Å². The SMILES string of the molecule is CN(CCC(F)(F)F)C(=O)NCc1cn(CC(=O)O)nn1. The third kappa shape index (κ3) is 6.58. The molecule has 8 nitrogen and oxygen atoms in total. The fourth-order valence-electron chi connectivity index (χ4n) is 1.33. The first-order valence-corrected chi connectivity index (χ1v) is 5.84. The van der Waals surface area contributed by atoms with Gasteiger partial charge in [0.25, 0.3) is 0 Å². The summed E-state index contributed by atoms with van der Waals surface area (Å²) < 4.78 is 37.1. The summed E-state index contributed by atoms with van der Waals surface area (Å²) >= 11 is 0. The first-order valence-electron chi connectivity index (χ1n) is 5.84. The van der Waals surface area contributed by atoms with Crippen molar-refractivity contribution in [2.45, 2.75) is 25.7 Å². The molecule has 2 N–H and O–H groups in total. The molecule has 0 aliphatic carbocycles. The monoisotopic (exact) mass is 309 g/mol. The zero-order valence-electron chi connectivity index (χ0n) is 11.1. The van der Waals surface area contributed by atoms with Gasteiger partial charge in [0.05, 0.1) is 19.2 Å². The number of nitrogens with zero attached hydrogens (tertiary/aromatic N) is 4. The molecule has 118 valence electrons. The predicted octanol–water partition coefficient (Wildman–Crippen LogP) is 0.456. The molecule has 0 spiro atoms. The maximum Gasteiger partial charge on any atom is 0.390 e. The molecule has 0 fully saturated rings. The number of hydrogen-bond donors (Lipinski definition) is 2. The molecule has 0 aromatic carbocycles. The van der Waals surface area contributed by atoms with Crippen LogP contribution in [-0.2, 0) is 17.9 Å². The minimum Gasteiger partial charge on any atom is -0.480 e. The summed E-state index contributed by atoms with van der Waals surface area (Å²) in [5.41, 5.74) is 0.300. The normalized spacial score (nSPS) is 11.2. The summed E-state index contributed by atoms with van der Waals surface area (Å²) in [5.74, 6) is -1.10. The van der Waals surface area contributed by atoms with E-state index in [0.717, 1.165) is 9.58 Å². The van der Waals surface area contributed by atoms with Crippen LogP contribution in [0, 0.1) is 0 Å². The van der Waals surface area contributed by atoms with Gasteiger partial charge in [-0.15, -0.1) is 5.10 Å². The van der Waals surface area contributed by atoms with Crippen LogP contribution in [0.5, 0.6) is 0 Å². The van der Waals surface area contributed by atoms with Crippen LogP contribution >= 0.6 is 0 Å². The highest BCUT2D eigenvalue weighted by Gasteiger charge is 2.28. The van der Waals surface area contributed by atoms with Crippen molar-refractivity contribution in [2.24, 2.45) is 0 Å². The number of hydrogen-bond acceptors (Lipinski definition) is 4. The molecule has 0 saturated heterocycles. The van der Waals surface area contributed by atoms with Crippen molar-refractivity contribution in [1.29, 1.82) is 0 Å². The number of nitrogens with one attached hydrogen (secondary N) is 1. The second-order valence-corrected chi connectivity index (χ2v) is 4.25. The van der Waals surface area contributed by atoms with Gasteiger partial charge in [-0.2, -0.15) is 13.2 Å². The Balaban J connectivity index is 2.38. The number of carboxylic acid groups (broad SMARTS) is 1. The van der Waals surface area contributed by atoms with Gasteiger partial charge in [0.2, 0.25) is 0 Å². The van der Waals surface area contributed by atoms with Crippen molar-refractivity contribution >= 4 is 12.0 Å². The lowest BCUT2D eigenvalue weighted by Gasteiger charge is -2.18. The van der Waals surface area contributed by atoms with Crippen LogP contribution in [0.3, 0.4) is 0 Å². The fourth-order valence-corrected chi connectivity index (χ4v) is 1.33. The number of aliphatic carboxylic acids is 1. The first-order chi connectivity index (χ1) is 9.67. The average molecular weight is 309 g/mol. The van der Waals surface area contributed by atoms with Gasteiger partial charge in [0.1, 0.15) is 12.2 Å². The number of amides is 2. The zero-order chi connectivity index (χ0) is 16.0. The van der Waals surface area contributed by atoms with Gasteiger partial charge in [-0.05, 0) is 0 Å². The van der Waals surface area contributed by atoms with Gasteiger partial charge in [0, 0.05) is 13.6 Å². The second kappa shape index (κ2) is 6.90. The van der Waals surface area contributed by atoms with E-state index in [4.69, 9.17) is 5.11 Å². The van der Waals surface area contributed by atoms with Crippen molar-refractivity contribution in [3.05, 3.63) is 11.9 Å². The molecule has 1 heterocycles. The molecule has 0 unspecified atom stereocenters. The van der Waals surface area contributed by atoms with E-state index in [1.54, 1.807) is 0 Å². The lowest BCUT2D eigenvalue weighted by Crippen LogP contribution is -2.38. The highest BCUT2D eigenvalue weighted by atomic mass is 19.4. The standard InChI is InChI=1S/C10H14F3N5O3/c1-17(3-2-10(11,12)13)9(21)14-4-7-5-18(16-15-7)6-8(19)20/h5H,2-4,6H2,1H3,(H,14,21)(H,19,20). The Bertz CT molecular complexity index is 502. The summed E-state index contributed by atoms with van der Waals surface area (Å²) in [6, 6.07) is -0.688. The van der Waals surface area contributed by atoms with E-state index in [9.17, 15) is 22.8 Å². The van der Waals surface area contributed by atoms with Crippen LogP contribution in [0.15, 0.2) is 6.20 Å². The number of alkyl halides is 3. The maximum absolute atomic E-state index is 12.0. The summed E-state index contributed by atoms with van der Waals surface area (Å²) in [4.78, 5) is 22.8. The van der Waals surface area contributed by atoms with Crippen LogP contribution in [0.1, 0.15) is 12.1 Å². The van der Waals surface area contributed by atoms with Gasteiger partial charge in [-0.1, -0.05) is 5.21 Å². The molecule has 0 radical (unpaired) electrons. The van der Waals surface area contributed by atoms with Crippen molar-refractivity contribution < 1.29 is 27.9 Å². The number of halogens is 3. The van der Waals surface area contributed by atoms with Crippen LogP contribution in [-0.4, -0.2) is 56.8 Å². The smallest absolute Gasteiger partial charge is 0.390 e. The Morgan fingerprint density at radius 3 is 2.71 bits per heavy atom. The summed E-state index contributed by atoms with van der Waals surface area (Å²) in [6.07, 6.45) is -4.09. The summed E-state index contributed by atoms with van der Waals surface area (Å²) in [6.45, 7) is -0.887. The third-order valence-corrected chi connectivity index (χ3v) is 2.38. The van der Waals surface area contributed by atoms with E-state index in [0.29, 0.717) is 5.69 Å². The van der Waals surface area contributed by atoms with Crippen molar-refractivity contribution in [2.75, 3.05) is 13.6 Å². The van der Waals surface area contributed by atoms with Gasteiger partial charge in [-0.3, -0.25) is 4.79 Å². The van der Waals surface area contributed by atoms with Crippen molar-refractivity contribution in [1.82, 2.24) is 25.2 Å². The van der Waals surface area contributed by atoms with Crippen molar-refractivity contribution in [3.8, 4) is 0 Å². The molecule has 0 saturated carbocycles. The molecule has 1 rings (SSSR count). The van der Waals surface area contributed by atoms with Gasteiger partial charge >= 0.3 is 18.2 Å². The summed E-state index contributed by atoms with van der Waals surface area (Å²) in [7, 11) is 1.24. The molecule has 2 amide bonds. The van der Waals surface area contributed by atoms with Crippen LogP contribution in [0.25, 0.3) is 0 Å². The molecular formula is C10H14F3N5O3. The zero-order valence-corrected chi connectivity index (χ0v) is 11.1. The Labute approximate surface area is 117 Å². The van der Waals surface area contributed by atoms with Gasteiger partial charge < -0.3 is 15.3 Å². The summed E-state index contributed by atoms with van der Waals surface area (Å²) in [5, 5.41) is 18.0. The molecule has 0 aliphatic rings. The fraction of sp³-hybridized carbons (Fsp3) is 0.600. The minimum absolute atomic E-state index is 0.0607. The topological polar surface area (TPSA) is 100 Å². The lowest BCUT2D eigenvalue weighted by molar-refractivity contribution is -0.138. The highest BCUT2D eigenvalue weighted by Crippen LogP contribution is 2.19. The Morgan fingerprint density at radius 2 is 2.14 bits per heavy atom. The Kier molecular flexibility index (Phi) is 5.50. The molecule has 21 heavy (non-hydrogen) atoms. The number of carbonyl (C=O) groups is 2. The van der Waals surface area contributed by atoms with E-state index in [1.165, 1.54) is 13.2 Å². The van der Waals surface area contributed by atoms with E-state index < -0.39 is 31.1 Å². The molecule has 0 bridgehead atoms. The van der Waals surface area contributed by atoms with E-state index >= 15 is 0 Å². The average Bonchev–Trinajstić information content (AvgIpc) is 2.78. The van der Waals surface area contributed by atoms with Crippen molar-refractivity contribution in [3.63, 3.8) is 0 Å². The molecule has 0 atom stereocenters. The third-order valence-electron chi connectivity index (χ3n) is 2.38. The molecule has 11 heteroatoms. The predicted molar refractivity (Wildman–Crippen MR) is 63.2 cm³/mol. The molecule has 1 aromatic heterocycles. The number of urea groups is 1. The van der Waals surface area contributed by atoms with Crippen LogP contribution in [0.4, 0.5) is 18.0 Å². The quantitative estimate of drug-likeness (QED) is 0.795. The van der Waals surface area contributed by atoms with E-state index in [-0.39, 0.29) is 13.1 Å². The van der Waals surface area contributed by atoms with Crippen LogP contribution in [0.2, 0.25) is 0 Å². The van der Waals surface area contributed by atoms with Crippen LogP contribution < -0.4 is 5.32 Å². The Hall–Kier alpha value is -2.33. The minimum atomic E-state index is -4.33. The van der Waals surface area contributed by atoms with E-state index in [2.05, 4.69) is 15.6 Å². The number of carboxylic acids is 1. The number of carbonyl (C=O) groups excluding carboxylic acids is 1. The first kappa shape index (κ1) is 16.7. The van der Waals surface area contributed by atoms with Gasteiger partial charge in [0.15, 0.2) is 0 Å². The molecular weight excluding hydrogens is 295 g/mol. The lowest BCUT2D eigenvalue weighted by atomic mass is 10.4. The Morgan fingerprint density at radius 1 is 1.48 bits per heavy atom. The largest absolute Gasteiger partial charge is 0.480 e. The number of aromatic nitrogens is 3. The highest BCUT2D eigenvalue weighted by molar-refractivity contribution is 5.73. The molecule has 0 aliphatic heterocycles.